The van der Waals surface area contributed by atoms with Gasteiger partial charge in [-0.3, -0.25) is 9.89 Å². The first-order valence-electron chi connectivity index (χ1n) is 10.4. The van der Waals surface area contributed by atoms with Crippen molar-refractivity contribution in [3.8, 4) is 5.75 Å². The van der Waals surface area contributed by atoms with Gasteiger partial charge < -0.3 is 20.1 Å². The van der Waals surface area contributed by atoms with E-state index in [0.29, 0.717) is 0 Å². The molecule has 1 aromatic rings. The number of nitrogens with one attached hydrogen (secondary N) is 2. The number of guanidine groups is 1. The zero-order chi connectivity index (χ0) is 20.5. The normalized spacial score (nSPS) is 22.4. The predicted molar refractivity (Wildman–Crippen MR) is 138 cm³/mol. The number of halogens is 2. The number of thioether (sulfide) groups is 1. The summed E-state index contributed by atoms with van der Waals surface area (Å²) in [5, 5.41) is 7.59. The zero-order valence-electron chi connectivity index (χ0n) is 17.9. The number of rotatable bonds is 8. The Bertz CT molecular complexity index is 683. The van der Waals surface area contributed by atoms with Gasteiger partial charge in [0.2, 0.25) is 0 Å². The van der Waals surface area contributed by atoms with Crippen molar-refractivity contribution in [1.82, 2.24) is 15.5 Å². The summed E-state index contributed by atoms with van der Waals surface area (Å²) in [6.45, 7) is 8.21. The molecular formula is C21H34ClIN4O2S. The van der Waals surface area contributed by atoms with Gasteiger partial charge in [-0.1, -0.05) is 17.7 Å². The Morgan fingerprint density at radius 3 is 2.77 bits per heavy atom. The lowest BCUT2D eigenvalue weighted by atomic mass is 9.96. The second-order valence-electron chi connectivity index (χ2n) is 7.46. The van der Waals surface area contributed by atoms with Crippen molar-refractivity contribution >= 4 is 53.3 Å². The van der Waals surface area contributed by atoms with Gasteiger partial charge in [-0.2, -0.15) is 11.8 Å². The van der Waals surface area contributed by atoms with E-state index in [1.165, 1.54) is 12.2 Å². The first-order valence-corrected chi connectivity index (χ1v) is 12.0. The fraction of sp³-hybridized carbons (Fsp3) is 0.667. The number of methoxy groups -OCH3 is 1. The standard InChI is InChI=1S/C21H33ClN4O2S.HI/c1-3-23-20(24-8-6-17-4-5-18(27-2)14-19(17)22)25-15-21(7-13-29-16-21)26-9-11-28-12-10-26;/h4-5,14H,3,6-13,15-16H2,1-2H3,(H2,23,24,25);1H. The van der Waals surface area contributed by atoms with E-state index in [2.05, 4.69) is 22.5 Å². The van der Waals surface area contributed by atoms with E-state index in [4.69, 9.17) is 26.1 Å². The summed E-state index contributed by atoms with van der Waals surface area (Å²) in [5.41, 5.74) is 1.27. The molecule has 0 spiro atoms. The Kier molecular flexibility index (Phi) is 11.4. The van der Waals surface area contributed by atoms with E-state index in [0.717, 1.165) is 80.4 Å². The summed E-state index contributed by atoms with van der Waals surface area (Å²) < 4.78 is 10.8. The first-order chi connectivity index (χ1) is 14.2. The highest BCUT2D eigenvalue weighted by atomic mass is 127. The van der Waals surface area contributed by atoms with E-state index in [1.54, 1.807) is 7.11 Å². The van der Waals surface area contributed by atoms with Gasteiger partial charge in [0.25, 0.3) is 0 Å². The van der Waals surface area contributed by atoms with Crippen LogP contribution >= 0.6 is 47.3 Å². The minimum Gasteiger partial charge on any atom is -0.497 e. The number of nitrogens with zero attached hydrogens (tertiary/aromatic N) is 2. The molecule has 0 amide bonds. The average molecular weight is 569 g/mol. The van der Waals surface area contributed by atoms with Crippen LogP contribution in [0.1, 0.15) is 18.9 Å². The molecule has 2 saturated heterocycles. The quantitative estimate of drug-likeness (QED) is 0.285. The van der Waals surface area contributed by atoms with Gasteiger partial charge in [0.1, 0.15) is 5.75 Å². The van der Waals surface area contributed by atoms with Crippen LogP contribution in [-0.4, -0.2) is 81.0 Å². The maximum absolute atomic E-state index is 6.36. The smallest absolute Gasteiger partial charge is 0.191 e. The third kappa shape index (κ3) is 7.05. The summed E-state index contributed by atoms with van der Waals surface area (Å²) in [5.74, 6) is 4.02. The molecule has 1 aromatic carbocycles. The molecular weight excluding hydrogens is 535 g/mol. The predicted octanol–water partition coefficient (Wildman–Crippen LogP) is 3.27. The van der Waals surface area contributed by atoms with Crippen molar-refractivity contribution < 1.29 is 9.47 Å². The molecule has 2 aliphatic heterocycles. The van der Waals surface area contributed by atoms with Gasteiger partial charge in [-0.15, -0.1) is 24.0 Å². The van der Waals surface area contributed by atoms with E-state index in [9.17, 15) is 0 Å². The molecule has 2 fully saturated rings. The van der Waals surface area contributed by atoms with Crippen LogP contribution in [0.4, 0.5) is 0 Å². The fourth-order valence-corrected chi connectivity index (χ4v) is 5.58. The third-order valence-electron chi connectivity index (χ3n) is 5.59. The number of hydrogen-bond acceptors (Lipinski definition) is 5. The molecule has 0 aromatic heterocycles. The Balaban J connectivity index is 0.00000320. The monoisotopic (exact) mass is 568 g/mol. The lowest BCUT2D eigenvalue weighted by molar-refractivity contribution is -0.0104. The van der Waals surface area contributed by atoms with Crippen molar-refractivity contribution in [3.05, 3.63) is 28.8 Å². The fourth-order valence-electron chi connectivity index (χ4n) is 3.85. The summed E-state index contributed by atoms with van der Waals surface area (Å²) in [6, 6.07) is 5.83. The van der Waals surface area contributed by atoms with Crippen LogP contribution in [0.3, 0.4) is 0 Å². The lowest BCUT2D eigenvalue weighted by Gasteiger charge is -2.42. The van der Waals surface area contributed by atoms with E-state index in [-0.39, 0.29) is 29.5 Å². The highest BCUT2D eigenvalue weighted by Crippen LogP contribution is 2.34. The molecule has 2 aliphatic rings. The SMILES string of the molecule is CCNC(=NCC1(N2CCOCC2)CCSC1)NCCc1ccc(OC)cc1Cl.I. The maximum Gasteiger partial charge on any atom is 0.191 e. The number of ether oxygens (including phenoxy) is 2. The summed E-state index contributed by atoms with van der Waals surface area (Å²) in [7, 11) is 1.65. The minimum atomic E-state index is 0. The van der Waals surface area contributed by atoms with Gasteiger partial charge in [-0.25, -0.2) is 0 Å². The van der Waals surface area contributed by atoms with Crippen LogP contribution in [0.2, 0.25) is 5.02 Å². The number of benzene rings is 1. The summed E-state index contributed by atoms with van der Waals surface area (Å²) >= 11 is 8.41. The molecule has 6 nitrogen and oxygen atoms in total. The summed E-state index contributed by atoms with van der Waals surface area (Å²) in [6.07, 6.45) is 2.03. The minimum absolute atomic E-state index is 0. The largest absolute Gasteiger partial charge is 0.497 e. The van der Waals surface area contributed by atoms with E-state index >= 15 is 0 Å². The molecule has 3 rings (SSSR count). The Hall–Kier alpha value is -0.420. The van der Waals surface area contributed by atoms with Crippen LogP contribution in [0.5, 0.6) is 5.75 Å². The lowest BCUT2D eigenvalue weighted by Crippen LogP contribution is -2.56. The third-order valence-corrected chi connectivity index (χ3v) is 7.17. The second kappa shape index (κ2) is 13.2. The van der Waals surface area contributed by atoms with Crippen LogP contribution in [0.15, 0.2) is 23.2 Å². The molecule has 2 heterocycles. The van der Waals surface area contributed by atoms with Crippen LogP contribution in [0.25, 0.3) is 0 Å². The van der Waals surface area contributed by atoms with E-state index < -0.39 is 0 Å². The molecule has 0 saturated carbocycles. The molecule has 30 heavy (non-hydrogen) atoms. The highest BCUT2D eigenvalue weighted by molar-refractivity contribution is 14.0. The number of aliphatic imine (C=N–C) groups is 1. The van der Waals surface area contributed by atoms with Crippen molar-refractivity contribution in [2.24, 2.45) is 4.99 Å². The van der Waals surface area contributed by atoms with Gasteiger partial charge in [0.15, 0.2) is 5.96 Å². The molecule has 170 valence electrons. The van der Waals surface area contributed by atoms with Crippen LogP contribution in [0, 0.1) is 0 Å². The topological polar surface area (TPSA) is 58.1 Å². The molecule has 2 N–H and O–H groups in total. The van der Waals surface area contributed by atoms with Crippen LogP contribution in [-0.2, 0) is 11.2 Å². The average Bonchev–Trinajstić information content (AvgIpc) is 3.24. The highest BCUT2D eigenvalue weighted by Gasteiger charge is 2.40. The maximum atomic E-state index is 6.36. The first kappa shape index (κ1) is 25.8. The van der Waals surface area contributed by atoms with Gasteiger partial charge >= 0.3 is 0 Å². The molecule has 0 aliphatic carbocycles. The second-order valence-corrected chi connectivity index (χ2v) is 8.97. The summed E-state index contributed by atoms with van der Waals surface area (Å²) in [4.78, 5) is 7.57. The number of morpholine rings is 1. The van der Waals surface area contributed by atoms with Gasteiger partial charge in [-0.05, 0) is 43.2 Å². The van der Waals surface area contributed by atoms with Crippen molar-refractivity contribution in [2.45, 2.75) is 25.3 Å². The molecule has 0 bridgehead atoms. The number of hydrogen-bond donors (Lipinski definition) is 2. The molecule has 9 heteroatoms. The van der Waals surface area contributed by atoms with Gasteiger partial charge in [0, 0.05) is 37.0 Å². The Morgan fingerprint density at radius 2 is 2.13 bits per heavy atom. The zero-order valence-corrected chi connectivity index (χ0v) is 21.8. The van der Waals surface area contributed by atoms with Crippen molar-refractivity contribution in [2.75, 3.05) is 64.6 Å². The Morgan fingerprint density at radius 1 is 1.33 bits per heavy atom. The molecule has 1 unspecified atom stereocenters. The Labute approximate surface area is 206 Å². The van der Waals surface area contributed by atoms with Gasteiger partial charge in [0.05, 0.1) is 32.4 Å². The molecule has 0 radical (unpaired) electrons. The van der Waals surface area contributed by atoms with E-state index in [1.807, 2.05) is 30.0 Å². The van der Waals surface area contributed by atoms with Crippen molar-refractivity contribution in [1.29, 1.82) is 0 Å². The van der Waals surface area contributed by atoms with Crippen molar-refractivity contribution in [3.63, 3.8) is 0 Å². The van der Waals surface area contributed by atoms with Crippen LogP contribution < -0.4 is 15.4 Å². The molecule has 1 atom stereocenters.